The summed E-state index contributed by atoms with van der Waals surface area (Å²) in [7, 11) is 0. The fourth-order valence-electron chi connectivity index (χ4n) is 1.10. The predicted molar refractivity (Wildman–Crippen MR) is 50.3 cm³/mol. The average Bonchev–Trinajstić information content (AvgIpc) is 2.13. The Morgan fingerprint density at radius 1 is 1.62 bits per heavy atom. The van der Waals surface area contributed by atoms with Gasteiger partial charge in [0.1, 0.15) is 12.1 Å². The first-order valence-electron chi connectivity index (χ1n) is 4.03. The summed E-state index contributed by atoms with van der Waals surface area (Å²) in [6.45, 7) is 1.74. The van der Waals surface area contributed by atoms with Crippen LogP contribution in [0.4, 0.5) is 4.39 Å². The zero-order valence-corrected chi connectivity index (χ0v) is 8.01. The molecular weight excluding hydrogens is 191 g/mol. The van der Waals surface area contributed by atoms with Gasteiger partial charge >= 0.3 is 0 Å². The molecule has 0 saturated carbocycles. The Bertz CT molecular complexity index is 312. The second kappa shape index (κ2) is 4.38. The molecule has 1 nitrogen and oxygen atoms in total. The van der Waals surface area contributed by atoms with E-state index >= 15 is 0 Å². The van der Waals surface area contributed by atoms with Crippen molar-refractivity contribution in [3.05, 3.63) is 34.6 Å². The van der Waals surface area contributed by atoms with Crippen LogP contribution in [0.3, 0.4) is 0 Å². The van der Waals surface area contributed by atoms with Crippen molar-refractivity contribution in [2.75, 3.05) is 0 Å². The van der Waals surface area contributed by atoms with Gasteiger partial charge in [-0.2, -0.15) is 0 Å². The largest absolute Gasteiger partial charge is 0.303 e. The quantitative estimate of drug-likeness (QED) is 0.686. The van der Waals surface area contributed by atoms with Crippen molar-refractivity contribution >= 4 is 17.9 Å². The summed E-state index contributed by atoms with van der Waals surface area (Å²) in [6, 6.07) is 4.81. The molecule has 1 atom stereocenters. The van der Waals surface area contributed by atoms with Crippen LogP contribution in [-0.2, 0) is 11.2 Å². The molecule has 0 bridgehead atoms. The van der Waals surface area contributed by atoms with E-state index in [1.807, 2.05) is 0 Å². The minimum atomic E-state index is -0.419. The molecule has 0 aliphatic rings. The van der Waals surface area contributed by atoms with Crippen molar-refractivity contribution in [1.82, 2.24) is 0 Å². The van der Waals surface area contributed by atoms with Crippen LogP contribution in [0.2, 0.25) is 5.02 Å². The second-order valence-electron chi connectivity index (χ2n) is 3.03. The van der Waals surface area contributed by atoms with Gasteiger partial charge in [-0.3, -0.25) is 0 Å². The van der Waals surface area contributed by atoms with E-state index in [9.17, 15) is 9.18 Å². The van der Waals surface area contributed by atoms with Crippen LogP contribution in [0, 0.1) is 11.7 Å². The lowest BCUT2D eigenvalue weighted by atomic mass is 10.0. The molecule has 70 valence electrons. The van der Waals surface area contributed by atoms with Crippen molar-refractivity contribution in [2.45, 2.75) is 13.3 Å². The number of rotatable bonds is 3. The molecule has 0 aromatic heterocycles. The number of aldehydes is 1. The highest BCUT2D eigenvalue weighted by Crippen LogP contribution is 2.19. The highest BCUT2D eigenvalue weighted by Gasteiger charge is 2.09. The molecule has 13 heavy (non-hydrogen) atoms. The van der Waals surface area contributed by atoms with Crippen LogP contribution in [0.1, 0.15) is 12.5 Å². The van der Waals surface area contributed by atoms with Gasteiger partial charge in [-0.1, -0.05) is 30.7 Å². The molecule has 1 unspecified atom stereocenters. The third kappa shape index (κ3) is 2.52. The minimum absolute atomic E-state index is 0.107. The van der Waals surface area contributed by atoms with Crippen LogP contribution in [-0.4, -0.2) is 6.29 Å². The Balaban J connectivity index is 2.88. The summed E-state index contributed by atoms with van der Waals surface area (Å²) < 4.78 is 13.3. The smallest absolute Gasteiger partial charge is 0.144 e. The Hall–Kier alpha value is -0.890. The molecule has 1 aromatic carbocycles. The molecule has 0 N–H and O–H groups in total. The van der Waals surface area contributed by atoms with Crippen molar-refractivity contribution in [3.8, 4) is 0 Å². The van der Waals surface area contributed by atoms with E-state index < -0.39 is 5.82 Å². The molecule has 0 spiro atoms. The first kappa shape index (κ1) is 10.2. The summed E-state index contributed by atoms with van der Waals surface area (Å²) in [5.41, 5.74) is 0.493. The average molecular weight is 201 g/mol. The fourth-order valence-corrected chi connectivity index (χ4v) is 1.30. The van der Waals surface area contributed by atoms with Crippen LogP contribution in [0.15, 0.2) is 18.2 Å². The molecule has 0 aliphatic heterocycles. The highest BCUT2D eigenvalue weighted by atomic mass is 35.5. The third-order valence-corrected chi connectivity index (χ3v) is 2.10. The van der Waals surface area contributed by atoms with E-state index in [1.54, 1.807) is 19.1 Å². The number of hydrogen-bond acceptors (Lipinski definition) is 1. The molecule has 0 saturated heterocycles. The first-order chi connectivity index (χ1) is 6.15. The van der Waals surface area contributed by atoms with Gasteiger partial charge in [0.05, 0.1) is 5.02 Å². The van der Waals surface area contributed by atoms with Gasteiger partial charge in [0.15, 0.2) is 0 Å². The fraction of sp³-hybridized carbons (Fsp3) is 0.300. The van der Waals surface area contributed by atoms with Gasteiger partial charge in [0, 0.05) is 5.92 Å². The number of carbonyl (C=O) groups excluding carboxylic acids is 1. The summed E-state index contributed by atoms with van der Waals surface area (Å²) >= 11 is 5.58. The molecule has 0 fully saturated rings. The molecule has 3 heteroatoms. The lowest BCUT2D eigenvalue weighted by Crippen LogP contribution is -2.02. The normalized spacial score (nSPS) is 12.5. The minimum Gasteiger partial charge on any atom is -0.303 e. The van der Waals surface area contributed by atoms with Crippen molar-refractivity contribution < 1.29 is 9.18 Å². The highest BCUT2D eigenvalue weighted by molar-refractivity contribution is 6.30. The van der Waals surface area contributed by atoms with Crippen LogP contribution in [0.25, 0.3) is 0 Å². The van der Waals surface area contributed by atoms with Crippen molar-refractivity contribution in [1.29, 1.82) is 0 Å². The number of carbonyl (C=O) groups is 1. The predicted octanol–water partition coefficient (Wildman–Crippen LogP) is 2.86. The molecule has 0 aliphatic carbocycles. The zero-order chi connectivity index (χ0) is 9.84. The second-order valence-corrected chi connectivity index (χ2v) is 3.44. The summed E-state index contributed by atoms with van der Waals surface area (Å²) in [6.07, 6.45) is 1.20. The maximum absolute atomic E-state index is 13.3. The van der Waals surface area contributed by atoms with Gasteiger partial charge < -0.3 is 4.79 Å². The summed E-state index contributed by atoms with van der Waals surface area (Å²) in [4.78, 5) is 10.3. The SMILES string of the molecule is CC(C=O)Cc1cccc(Cl)c1F. The van der Waals surface area contributed by atoms with Gasteiger partial charge in [-0.15, -0.1) is 0 Å². The molecule has 0 amide bonds. The van der Waals surface area contributed by atoms with Gasteiger partial charge in [0.2, 0.25) is 0 Å². The van der Waals surface area contributed by atoms with E-state index in [-0.39, 0.29) is 10.9 Å². The maximum Gasteiger partial charge on any atom is 0.144 e. The third-order valence-electron chi connectivity index (χ3n) is 1.81. The van der Waals surface area contributed by atoms with Crippen LogP contribution >= 0.6 is 11.6 Å². The van der Waals surface area contributed by atoms with E-state index in [0.29, 0.717) is 12.0 Å². The van der Waals surface area contributed by atoms with E-state index in [2.05, 4.69) is 0 Å². The Kier molecular flexibility index (Phi) is 3.43. The maximum atomic E-state index is 13.3. The van der Waals surface area contributed by atoms with Gasteiger partial charge in [-0.25, -0.2) is 4.39 Å². The number of benzene rings is 1. The van der Waals surface area contributed by atoms with Gasteiger partial charge in [-0.05, 0) is 18.1 Å². The number of halogens is 2. The van der Waals surface area contributed by atoms with E-state index in [0.717, 1.165) is 6.29 Å². The number of hydrogen-bond donors (Lipinski definition) is 0. The van der Waals surface area contributed by atoms with Crippen molar-refractivity contribution in [2.24, 2.45) is 5.92 Å². The monoisotopic (exact) mass is 200 g/mol. The Labute approximate surface area is 81.5 Å². The molecule has 0 heterocycles. The first-order valence-corrected chi connectivity index (χ1v) is 4.41. The topological polar surface area (TPSA) is 17.1 Å². The van der Waals surface area contributed by atoms with Crippen molar-refractivity contribution in [3.63, 3.8) is 0 Å². The zero-order valence-electron chi connectivity index (χ0n) is 7.26. The Morgan fingerprint density at radius 3 is 2.92 bits per heavy atom. The molecule has 0 radical (unpaired) electrons. The molecular formula is C10H10ClFO. The van der Waals surface area contributed by atoms with Crippen LogP contribution in [0.5, 0.6) is 0 Å². The summed E-state index contributed by atoms with van der Waals surface area (Å²) in [5.74, 6) is -0.592. The molecule has 1 aromatic rings. The Morgan fingerprint density at radius 2 is 2.31 bits per heavy atom. The lowest BCUT2D eigenvalue weighted by molar-refractivity contribution is -0.110. The summed E-state index contributed by atoms with van der Waals surface area (Å²) in [5, 5.41) is 0.107. The van der Waals surface area contributed by atoms with E-state index in [1.165, 1.54) is 6.07 Å². The van der Waals surface area contributed by atoms with Gasteiger partial charge in [0.25, 0.3) is 0 Å². The molecule has 1 rings (SSSR count). The van der Waals surface area contributed by atoms with Crippen LogP contribution < -0.4 is 0 Å². The van der Waals surface area contributed by atoms with E-state index in [4.69, 9.17) is 11.6 Å². The lowest BCUT2D eigenvalue weighted by Gasteiger charge is -2.05. The standard InChI is InChI=1S/C10H10ClFO/c1-7(6-13)5-8-3-2-4-9(11)10(8)12/h2-4,6-7H,5H2,1H3.